The molecule has 0 saturated carbocycles. The first-order valence-electron chi connectivity index (χ1n) is 15.8. The zero-order valence-corrected chi connectivity index (χ0v) is 26.0. The van der Waals surface area contributed by atoms with Crippen molar-refractivity contribution < 1.29 is 0 Å². The molecule has 0 spiro atoms. The van der Waals surface area contributed by atoms with Crippen molar-refractivity contribution in [3.05, 3.63) is 174 Å². The molecule has 7 aromatic rings. The molecule has 0 N–H and O–H groups in total. The fourth-order valence-corrected chi connectivity index (χ4v) is 7.22. The van der Waals surface area contributed by atoms with Crippen LogP contribution in [0.25, 0.3) is 44.2 Å². The van der Waals surface area contributed by atoms with Gasteiger partial charge in [-0.05, 0) is 98.6 Å². The molecule has 0 saturated heterocycles. The van der Waals surface area contributed by atoms with Crippen LogP contribution in [0, 0.1) is 6.92 Å². The molecule has 0 amide bonds. The van der Waals surface area contributed by atoms with Gasteiger partial charge in [0.1, 0.15) is 0 Å². The summed E-state index contributed by atoms with van der Waals surface area (Å²) >= 11 is 0. The largest absolute Gasteiger partial charge is 0.310 e. The highest BCUT2D eigenvalue weighted by Crippen LogP contribution is 2.51. The van der Waals surface area contributed by atoms with Crippen LogP contribution >= 0.6 is 0 Å². The summed E-state index contributed by atoms with van der Waals surface area (Å²) in [5.41, 5.74) is 14.9. The monoisotopic (exact) mass is 577 g/mol. The van der Waals surface area contributed by atoms with Crippen molar-refractivity contribution in [1.29, 1.82) is 0 Å². The number of anilines is 3. The SMILES string of the molecule is Cc1ccccc1-c1cc2ccccc2cc1N(c1cccc(-c2ccccc2)c1)c1ccc2c(c1)C(C)(C)c1ccccc1-2. The van der Waals surface area contributed by atoms with Gasteiger partial charge in [-0.3, -0.25) is 0 Å². The molecule has 1 heteroatoms. The molecule has 45 heavy (non-hydrogen) atoms. The first kappa shape index (κ1) is 27.2. The van der Waals surface area contributed by atoms with Crippen LogP contribution in [0.15, 0.2) is 158 Å². The Hall–Kier alpha value is -5.40. The van der Waals surface area contributed by atoms with Crippen molar-refractivity contribution >= 4 is 27.8 Å². The molecule has 216 valence electrons. The molecule has 1 aliphatic rings. The van der Waals surface area contributed by atoms with Gasteiger partial charge in [0.05, 0.1) is 5.69 Å². The first-order valence-corrected chi connectivity index (χ1v) is 15.8. The summed E-state index contributed by atoms with van der Waals surface area (Å²) in [5.74, 6) is 0. The normalized spacial score (nSPS) is 13.0. The Morgan fingerprint density at radius 2 is 1.04 bits per heavy atom. The Morgan fingerprint density at radius 1 is 0.422 bits per heavy atom. The molecule has 1 aliphatic carbocycles. The van der Waals surface area contributed by atoms with Crippen LogP contribution in [0.2, 0.25) is 0 Å². The number of hydrogen-bond acceptors (Lipinski definition) is 1. The van der Waals surface area contributed by atoms with Crippen LogP contribution in [0.1, 0.15) is 30.5 Å². The van der Waals surface area contributed by atoms with Gasteiger partial charge in [0.15, 0.2) is 0 Å². The molecular weight excluding hydrogens is 542 g/mol. The minimum atomic E-state index is -0.0955. The van der Waals surface area contributed by atoms with Gasteiger partial charge in [0, 0.05) is 22.4 Å². The quantitative estimate of drug-likeness (QED) is 0.197. The summed E-state index contributed by atoms with van der Waals surface area (Å²) in [5, 5.41) is 2.46. The average molecular weight is 578 g/mol. The van der Waals surface area contributed by atoms with Crippen LogP contribution < -0.4 is 4.90 Å². The predicted molar refractivity (Wildman–Crippen MR) is 192 cm³/mol. The first-order chi connectivity index (χ1) is 22.0. The van der Waals surface area contributed by atoms with Crippen molar-refractivity contribution in [3.63, 3.8) is 0 Å². The predicted octanol–water partition coefficient (Wildman–Crippen LogP) is 12.3. The zero-order chi connectivity index (χ0) is 30.5. The van der Waals surface area contributed by atoms with E-state index in [1.807, 2.05) is 0 Å². The third kappa shape index (κ3) is 4.55. The molecule has 0 bridgehead atoms. The summed E-state index contributed by atoms with van der Waals surface area (Å²) in [6, 6.07) is 57.8. The van der Waals surface area contributed by atoms with Crippen molar-refractivity contribution in [2.75, 3.05) is 4.90 Å². The Morgan fingerprint density at radius 3 is 1.84 bits per heavy atom. The summed E-state index contributed by atoms with van der Waals surface area (Å²) < 4.78 is 0. The van der Waals surface area contributed by atoms with Gasteiger partial charge in [-0.25, -0.2) is 0 Å². The molecule has 1 nitrogen and oxygen atoms in total. The highest BCUT2D eigenvalue weighted by atomic mass is 15.1. The smallest absolute Gasteiger partial charge is 0.0546 e. The van der Waals surface area contributed by atoms with Gasteiger partial charge in [-0.1, -0.05) is 135 Å². The van der Waals surface area contributed by atoms with Gasteiger partial charge in [0.2, 0.25) is 0 Å². The fraction of sp³-hybridized carbons (Fsp3) is 0.0909. The van der Waals surface area contributed by atoms with Crippen LogP contribution in [-0.2, 0) is 5.41 Å². The molecule has 0 heterocycles. The van der Waals surface area contributed by atoms with E-state index in [-0.39, 0.29) is 5.41 Å². The highest BCUT2D eigenvalue weighted by Gasteiger charge is 2.36. The maximum atomic E-state index is 2.47. The molecule has 0 unspecified atom stereocenters. The summed E-state index contributed by atoms with van der Waals surface area (Å²) in [4.78, 5) is 2.47. The maximum Gasteiger partial charge on any atom is 0.0546 e. The highest BCUT2D eigenvalue weighted by molar-refractivity contribution is 5.99. The van der Waals surface area contributed by atoms with Gasteiger partial charge in [-0.15, -0.1) is 0 Å². The molecule has 0 atom stereocenters. The van der Waals surface area contributed by atoms with Gasteiger partial charge < -0.3 is 4.90 Å². The molecule has 0 aliphatic heterocycles. The second kappa shape index (κ2) is 10.6. The molecule has 0 fully saturated rings. The number of benzene rings is 7. The second-order valence-electron chi connectivity index (χ2n) is 12.7. The number of fused-ring (bicyclic) bond motifs is 4. The van der Waals surface area contributed by atoms with E-state index in [2.05, 4.69) is 183 Å². The Bertz CT molecular complexity index is 2210. The Labute approximate surface area is 266 Å². The Kier molecular flexibility index (Phi) is 6.43. The van der Waals surface area contributed by atoms with Crippen molar-refractivity contribution in [1.82, 2.24) is 0 Å². The van der Waals surface area contributed by atoms with E-state index in [1.54, 1.807) is 0 Å². The van der Waals surface area contributed by atoms with Gasteiger partial charge in [0.25, 0.3) is 0 Å². The van der Waals surface area contributed by atoms with E-state index >= 15 is 0 Å². The lowest BCUT2D eigenvalue weighted by Gasteiger charge is -2.31. The van der Waals surface area contributed by atoms with Gasteiger partial charge >= 0.3 is 0 Å². The summed E-state index contributed by atoms with van der Waals surface area (Å²) in [6.07, 6.45) is 0. The molecule has 7 aromatic carbocycles. The summed E-state index contributed by atoms with van der Waals surface area (Å²) in [7, 11) is 0. The second-order valence-corrected chi connectivity index (χ2v) is 12.7. The van der Waals surface area contributed by atoms with E-state index in [4.69, 9.17) is 0 Å². The number of hydrogen-bond donors (Lipinski definition) is 0. The topological polar surface area (TPSA) is 3.24 Å². The summed E-state index contributed by atoms with van der Waals surface area (Å²) in [6.45, 7) is 6.93. The number of aryl methyl sites for hydroxylation is 1. The van der Waals surface area contributed by atoms with Crippen molar-refractivity contribution in [3.8, 4) is 33.4 Å². The lowest BCUT2D eigenvalue weighted by molar-refractivity contribution is 0.660. The lowest BCUT2D eigenvalue weighted by Crippen LogP contribution is -2.17. The maximum absolute atomic E-state index is 2.47. The van der Waals surface area contributed by atoms with E-state index in [0.29, 0.717) is 0 Å². The van der Waals surface area contributed by atoms with Crippen LogP contribution in [0.4, 0.5) is 17.1 Å². The van der Waals surface area contributed by atoms with E-state index < -0.39 is 0 Å². The third-order valence-corrected chi connectivity index (χ3v) is 9.58. The van der Waals surface area contributed by atoms with Crippen molar-refractivity contribution in [2.45, 2.75) is 26.2 Å². The van der Waals surface area contributed by atoms with Crippen LogP contribution in [0.5, 0.6) is 0 Å². The number of rotatable bonds is 5. The molecule has 0 radical (unpaired) electrons. The van der Waals surface area contributed by atoms with Crippen LogP contribution in [0.3, 0.4) is 0 Å². The number of nitrogens with zero attached hydrogens (tertiary/aromatic N) is 1. The van der Waals surface area contributed by atoms with Gasteiger partial charge in [-0.2, -0.15) is 0 Å². The molecular formula is C44H35N. The van der Waals surface area contributed by atoms with E-state index in [1.165, 1.54) is 66.5 Å². The van der Waals surface area contributed by atoms with Crippen LogP contribution in [-0.4, -0.2) is 0 Å². The average Bonchev–Trinajstić information content (AvgIpc) is 3.31. The minimum Gasteiger partial charge on any atom is -0.310 e. The van der Waals surface area contributed by atoms with E-state index in [9.17, 15) is 0 Å². The minimum absolute atomic E-state index is 0.0955. The molecule has 0 aromatic heterocycles. The standard InChI is InChI=1S/C44H35N/c1-30-14-7-10-21-37(30)40-27-33-17-8-9-18-34(33)28-43(40)45(35-20-13-19-32(26-35)31-15-5-4-6-16-31)36-24-25-39-38-22-11-12-23-41(38)44(2,3)42(39)29-36/h4-29H,1-3H3. The lowest BCUT2D eigenvalue weighted by atomic mass is 9.82. The van der Waals surface area contributed by atoms with E-state index in [0.717, 1.165) is 11.4 Å². The third-order valence-electron chi connectivity index (χ3n) is 9.58. The zero-order valence-electron chi connectivity index (χ0n) is 26.0. The van der Waals surface area contributed by atoms with Crippen molar-refractivity contribution in [2.24, 2.45) is 0 Å². The Balaban J connectivity index is 1.41. The molecule has 8 rings (SSSR count). The fourth-order valence-electron chi connectivity index (χ4n) is 7.22.